The fraction of sp³-hybridized carbons (Fsp3) is 0.276. The molecular formula is C29H31NO2. The zero-order chi connectivity index (χ0) is 22.6. The summed E-state index contributed by atoms with van der Waals surface area (Å²) < 4.78 is 6.71. The highest BCUT2D eigenvalue weighted by Crippen LogP contribution is 2.56. The van der Waals surface area contributed by atoms with Gasteiger partial charge in [-0.1, -0.05) is 106 Å². The number of ether oxygens (including phenoxy) is 1. The third-order valence-corrected chi connectivity index (χ3v) is 6.45. The molecule has 2 aromatic carbocycles. The number of nitrogens with zero attached hydrogens (tertiary/aromatic N) is 1. The Labute approximate surface area is 191 Å². The lowest BCUT2D eigenvalue weighted by Crippen LogP contribution is -2.51. The summed E-state index contributed by atoms with van der Waals surface area (Å²) in [6, 6.07) is 26.2. The average Bonchev–Trinajstić information content (AvgIpc) is 2.83. The number of aromatic nitrogens is 1. The Hall–Kier alpha value is -3.01. The van der Waals surface area contributed by atoms with E-state index in [4.69, 9.17) is 4.74 Å². The summed E-state index contributed by atoms with van der Waals surface area (Å²) in [4.78, 5) is 4.50. The number of hydrogen-bond acceptors (Lipinski definition) is 3. The third kappa shape index (κ3) is 4.19. The van der Waals surface area contributed by atoms with Gasteiger partial charge in [-0.15, -0.1) is 0 Å². The Morgan fingerprint density at radius 1 is 0.938 bits per heavy atom. The highest BCUT2D eigenvalue weighted by atomic mass is 16.5. The number of pyridine rings is 1. The number of rotatable bonds is 6. The van der Waals surface area contributed by atoms with E-state index in [1.54, 1.807) is 6.20 Å². The summed E-state index contributed by atoms with van der Waals surface area (Å²) in [5.74, 6) is 0. The zero-order valence-electron chi connectivity index (χ0n) is 19.0. The molecule has 164 valence electrons. The van der Waals surface area contributed by atoms with Gasteiger partial charge in [0.05, 0.1) is 23.8 Å². The number of aliphatic hydroxyl groups excluding tert-OH is 1. The second-order valence-electron chi connectivity index (χ2n) is 9.36. The minimum absolute atomic E-state index is 0.323. The van der Waals surface area contributed by atoms with Crippen molar-refractivity contribution in [2.24, 2.45) is 10.8 Å². The van der Waals surface area contributed by atoms with Crippen LogP contribution in [0, 0.1) is 10.8 Å². The van der Waals surface area contributed by atoms with E-state index in [9.17, 15) is 5.11 Å². The molecule has 1 N–H and O–H groups in total. The second-order valence-corrected chi connectivity index (χ2v) is 9.36. The Morgan fingerprint density at radius 3 is 2.22 bits per heavy atom. The van der Waals surface area contributed by atoms with E-state index in [2.05, 4.69) is 68.2 Å². The first-order chi connectivity index (χ1) is 15.4. The van der Waals surface area contributed by atoms with Crippen molar-refractivity contribution >= 4 is 5.57 Å². The lowest BCUT2D eigenvalue weighted by molar-refractivity contribution is -0.114. The number of allylic oxidation sites excluding steroid dienone is 2. The van der Waals surface area contributed by atoms with Crippen LogP contribution in [0.4, 0.5) is 0 Å². The van der Waals surface area contributed by atoms with Crippen molar-refractivity contribution < 1.29 is 9.84 Å². The number of hydrogen-bond donors (Lipinski definition) is 1. The monoisotopic (exact) mass is 425 g/mol. The first-order valence-electron chi connectivity index (χ1n) is 11.1. The molecule has 3 aromatic rings. The van der Waals surface area contributed by atoms with Gasteiger partial charge < -0.3 is 9.84 Å². The summed E-state index contributed by atoms with van der Waals surface area (Å²) in [7, 11) is 0. The predicted octanol–water partition coefficient (Wildman–Crippen LogP) is 6.39. The van der Waals surface area contributed by atoms with Crippen molar-refractivity contribution in [2.75, 3.05) is 0 Å². The lowest BCUT2D eigenvalue weighted by Gasteiger charge is -2.52. The first-order valence-corrected chi connectivity index (χ1v) is 11.1. The number of benzene rings is 2. The highest BCUT2D eigenvalue weighted by Gasteiger charge is 2.55. The Morgan fingerprint density at radius 2 is 1.59 bits per heavy atom. The molecule has 4 rings (SSSR count). The quantitative estimate of drug-likeness (QED) is 0.498. The largest absolute Gasteiger partial charge is 0.386 e. The molecule has 0 spiro atoms. The highest BCUT2D eigenvalue weighted by molar-refractivity contribution is 5.73. The molecule has 0 fully saturated rings. The van der Waals surface area contributed by atoms with Crippen molar-refractivity contribution in [3.05, 3.63) is 120 Å². The minimum Gasteiger partial charge on any atom is -0.386 e. The van der Waals surface area contributed by atoms with Crippen LogP contribution in [0.2, 0.25) is 0 Å². The summed E-state index contributed by atoms with van der Waals surface area (Å²) >= 11 is 0. The molecule has 3 heteroatoms. The molecule has 1 heterocycles. The van der Waals surface area contributed by atoms with Crippen LogP contribution in [0.1, 0.15) is 43.7 Å². The van der Waals surface area contributed by atoms with Crippen molar-refractivity contribution in [3.63, 3.8) is 0 Å². The van der Waals surface area contributed by atoms with Crippen molar-refractivity contribution in [2.45, 2.75) is 39.6 Å². The van der Waals surface area contributed by atoms with Gasteiger partial charge in [0.2, 0.25) is 0 Å². The molecule has 0 saturated heterocycles. The molecule has 0 saturated carbocycles. The van der Waals surface area contributed by atoms with E-state index >= 15 is 0 Å². The van der Waals surface area contributed by atoms with Gasteiger partial charge in [0.15, 0.2) is 0 Å². The van der Waals surface area contributed by atoms with E-state index in [-0.39, 0.29) is 11.5 Å². The molecular weight excluding hydrogens is 394 g/mol. The Bertz CT molecular complexity index is 1070. The lowest BCUT2D eigenvalue weighted by atomic mass is 9.56. The van der Waals surface area contributed by atoms with Gasteiger partial charge in [-0.05, 0) is 34.2 Å². The van der Waals surface area contributed by atoms with Crippen LogP contribution in [0.25, 0.3) is 5.57 Å². The molecule has 1 aliphatic carbocycles. The maximum Gasteiger partial charge on any atom is 0.108 e. The van der Waals surface area contributed by atoms with Gasteiger partial charge in [-0.2, -0.15) is 0 Å². The molecule has 0 amide bonds. The third-order valence-electron chi connectivity index (χ3n) is 6.45. The van der Waals surface area contributed by atoms with Crippen LogP contribution in [-0.4, -0.2) is 16.2 Å². The van der Waals surface area contributed by atoms with Crippen LogP contribution in [0.5, 0.6) is 0 Å². The summed E-state index contributed by atoms with van der Waals surface area (Å²) in [6.07, 6.45) is 6.81. The van der Waals surface area contributed by atoms with Crippen molar-refractivity contribution in [3.8, 4) is 0 Å². The molecule has 0 aliphatic heterocycles. The molecule has 3 unspecified atom stereocenters. The summed E-state index contributed by atoms with van der Waals surface area (Å²) in [5, 5.41) is 11.8. The molecule has 1 aromatic heterocycles. The van der Waals surface area contributed by atoms with E-state index in [1.165, 1.54) is 0 Å². The van der Waals surface area contributed by atoms with Gasteiger partial charge in [0, 0.05) is 6.20 Å². The molecule has 3 atom stereocenters. The fourth-order valence-electron chi connectivity index (χ4n) is 4.67. The maximum atomic E-state index is 11.8. The standard InChI is InChI=1S/C29H31NO2/c1-28(2,3)29(26(31)25-18-10-11-20-30-25)19-12-17-24(23-15-8-5-9-16-23)27(29)32-21-22-13-6-4-7-14-22/h4-20,26-27,31H,21H2,1-3H3. The molecule has 0 radical (unpaired) electrons. The van der Waals surface area contributed by atoms with Crippen LogP contribution < -0.4 is 0 Å². The van der Waals surface area contributed by atoms with Gasteiger partial charge in [0.1, 0.15) is 6.10 Å². The van der Waals surface area contributed by atoms with Gasteiger partial charge in [-0.25, -0.2) is 0 Å². The van der Waals surface area contributed by atoms with E-state index < -0.39 is 11.5 Å². The fourth-order valence-corrected chi connectivity index (χ4v) is 4.67. The van der Waals surface area contributed by atoms with Crippen LogP contribution in [-0.2, 0) is 11.3 Å². The van der Waals surface area contributed by atoms with E-state index in [0.717, 1.165) is 16.7 Å². The molecule has 0 bridgehead atoms. The average molecular weight is 426 g/mol. The van der Waals surface area contributed by atoms with Gasteiger partial charge in [0.25, 0.3) is 0 Å². The SMILES string of the molecule is CC(C)(C)C1(C(O)c2ccccn2)C=CC=C(c2ccccc2)C1OCc1ccccc1. The van der Waals surface area contributed by atoms with Crippen molar-refractivity contribution in [1.29, 1.82) is 0 Å². The maximum absolute atomic E-state index is 11.8. The summed E-state index contributed by atoms with van der Waals surface area (Å²) in [5.41, 5.74) is 2.86. The van der Waals surface area contributed by atoms with Gasteiger partial charge in [-0.3, -0.25) is 4.98 Å². The smallest absolute Gasteiger partial charge is 0.108 e. The molecule has 32 heavy (non-hydrogen) atoms. The van der Waals surface area contributed by atoms with Crippen LogP contribution >= 0.6 is 0 Å². The van der Waals surface area contributed by atoms with E-state index in [1.807, 2.05) is 54.6 Å². The normalized spacial score (nSPS) is 21.8. The number of aliphatic hydroxyl groups is 1. The predicted molar refractivity (Wildman–Crippen MR) is 130 cm³/mol. The van der Waals surface area contributed by atoms with Crippen LogP contribution in [0.3, 0.4) is 0 Å². The minimum atomic E-state index is -0.840. The van der Waals surface area contributed by atoms with E-state index in [0.29, 0.717) is 12.3 Å². The van der Waals surface area contributed by atoms with Crippen LogP contribution in [0.15, 0.2) is 103 Å². The van der Waals surface area contributed by atoms with Crippen molar-refractivity contribution in [1.82, 2.24) is 4.98 Å². The molecule has 1 aliphatic rings. The summed E-state index contributed by atoms with van der Waals surface area (Å²) in [6.45, 7) is 6.94. The van der Waals surface area contributed by atoms with Gasteiger partial charge >= 0.3 is 0 Å². The zero-order valence-corrected chi connectivity index (χ0v) is 19.0. The topological polar surface area (TPSA) is 42.4 Å². The second kappa shape index (κ2) is 9.23. The Kier molecular flexibility index (Phi) is 6.40. The first kappa shape index (κ1) is 22.2. The molecule has 3 nitrogen and oxygen atoms in total. The Balaban J connectivity index is 1.83.